The summed E-state index contributed by atoms with van der Waals surface area (Å²) in [6.45, 7) is 0. The van der Waals surface area contributed by atoms with E-state index in [4.69, 9.17) is 5.73 Å². The third-order valence-corrected chi connectivity index (χ3v) is 2.15. The molecule has 0 atom stereocenters. The lowest BCUT2D eigenvalue weighted by atomic mass is 10.1. The van der Waals surface area contributed by atoms with Gasteiger partial charge >= 0.3 is 6.18 Å². The van der Waals surface area contributed by atoms with Crippen LogP contribution >= 0.6 is 0 Å². The highest BCUT2D eigenvalue weighted by atomic mass is 19.4. The van der Waals surface area contributed by atoms with Gasteiger partial charge in [0.15, 0.2) is 0 Å². The van der Waals surface area contributed by atoms with E-state index in [1.807, 2.05) is 0 Å². The van der Waals surface area contributed by atoms with Crippen molar-refractivity contribution in [1.82, 2.24) is 9.97 Å². The Hall–Kier alpha value is -1.86. The van der Waals surface area contributed by atoms with Gasteiger partial charge in [-0.1, -0.05) is 0 Å². The van der Waals surface area contributed by atoms with Crippen molar-refractivity contribution in [2.75, 3.05) is 11.1 Å². The van der Waals surface area contributed by atoms with Crippen LogP contribution in [0.1, 0.15) is 17.8 Å². The second-order valence-corrected chi connectivity index (χ2v) is 3.31. The molecular weight excluding hydrogens is 225 g/mol. The fourth-order valence-electron chi connectivity index (χ4n) is 1.41. The van der Waals surface area contributed by atoms with Crippen LogP contribution in [0.15, 0.2) is 0 Å². The van der Waals surface area contributed by atoms with Crippen LogP contribution in [0.4, 0.5) is 24.8 Å². The van der Waals surface area contributed by atoms with E-state index in [9.17, 15) is 18.0 Å². The summed E-state index contributed by atoms with van der Waals surface area (Å²) in [6.07, 6.45) is -4.25. The number of nitrogen functional groups attached to an aromatic ring is 1. The number of anilines is 2. The molecule has 1 amide bonds. The predicted octanol–water partition coefficient (Wildman–Crippen LogP) is 0.962. The van der Waals surface area contributed by atoms with Gasteiger partial charge in [-0.05, 0) is 6.42 Å². The number of carbonyl (C=O) groups is 1. The minimum absolute atomic E-state index is 0.143. The highest BCUT2D eigenvalue weighted by molar-refractivity contribution is 5.93. The first kappa shape index (κ1) is 10.7. The van der Waals surface area contributed by atoms with Gasteiger partial charge in [-0.25, -0.2) is 9.97 Å². The SMILES string of the molecule is Nc1nc(C(F)(F)F)nc2c1CCC(=O)N2. The Morgan fingerprint density at radius 3 is 2.56 bits per heavy atom. The zero-order valence-corrected chi connectivity index (χ0v) is 7.93. The molecule has 0 saturated heterocycles. The van der Waals surface area contributed by atoms with E-state index in [0.29, 0.717) is 5.56 Å². The summed E-state index contributed by atoms with van der Waals surface area (Å²) >= 11 is 0. The molecule has 0 aliphatic carbocycles. The van der Waals surface area contributed by atoms with Crippen LogP contribution in [0, 0.1) is 0 Å². The van der Waals surface area contributed by atoms with E-state index in [1.54, 1.807) is 0 Å². The van der Waals surface area contributed by atoms with Crippen molar-refractivity contribution in [3.8, 4) is 0 Å². The topological polar surface area (TPSA) is 80.9 Å². The molecule has 0 spiro atoms. The van der Waals surface area contributed by atoms with Crippen molar-refractivity contribution in [3.05, 3.63) is 11.4 Å². The van der Waals surface area contributed by atoms with Crippen molar-refractivity contribution in [1.29, 1.82) is 0 Å². The van der Waals surface area contributed by atoms with Gasteiger partial charge in [0.1, 0.15) is 11.6 Å². The number of alkyl halides is 3. The number of amides is 1. The van der Waals surface area contributed by atoms with Crippen molar-refractivity contribution >= 4 is 17.5 Å². The molecule has 16 heavy (non-hydrogen) atoms. The molecule has 0 fully saturated rings. The van der Waals surface area contributed by atoms with Gasteiger partial charge in [-0.15, -0.1) is 0 Å². The standard InChI is InChI=1S/C8H7F3N4O/c9-8(10,11)7-14-5(12)3-1-2-4(16)13-6(3)15-7/h1-2H2,(H3,12,13,14,15,16). The summed E-state index contributed by atoms with van der Waals surface area (Å²) in [5, 5.41) is 2.24. The molecule has 1 aliphatic rings. The minimum Gasteiger partial charge on any atom is -0.383 e. The van der Waals surface area contributed by atoms with E-state index in [-0.39, 0.29) is 30.4 Å². The van der Waals surface area contributed by atoms with E-state index in [2.05, 4.69) is 15.3 Å². The second kappa shape index (κ2) is 3.32. The van der Waals surface area contributed by atoms with Gasteiger partial charge in [-0.3, -0.25) is 4.79 Å². The summed E-state index contributed by atoms with van der Waals surface area (Å²) in [5.74, 6) is -2.10. The third kappa shape index (κ3) is 1.77. The van der Waals surface area contributed by atoms with E-state index < -0.39 is 12.0 Å². The van der Waals surface area contributed by atoms with Crippen LogP contribution in [-0.2, 0) is 17.4 Å². The van der Waals surface area contributed by atoms with Crippen LogP contribution in [0.5, 0.6) is 0 Å². The van der Waals surface area contributed by atoms with Crippen molar-refractivity contribution in [2.24, 2.45) is 0 Å². The normalized spacial score (nSPS) is 15.6. The zero-order chi connectivity index (χ0) is 11.9. The number of nitrogens with zero attached hydrogens (tertiary/aromatic N) is 2. The van der Waals surface area contributed by atoms with Gasteiger partial charge in [0.05, 0.1) is 0 Å². The van der Waals surface area contributed by atoms with Gasteiger partial charge in [0.2, 0.25) is 11.7 Å². The average Bonchev–Trinajstić information content (AvgIpc) is 2.15. The van der Waals surface area contributed by atoms with Gasteiger partial charge in [0, 0.05) is 12.0 Å². The van der Waals surface area contributed by atoms with Crippen LogP contribution in [0.3, 0.4) is 0 Å². The van der Waals surface area contributed by atoms with Crippen LogP contribution in [-0.4, -0.2) is 15.9 Å². The monoisotopic (exact) mass is 232 g/mol. The number of rotatable bonds is 0. The maximum absolute atomic E-state index is 12.3. The van der Waals surface area contributed by atoms with Crippen molar-refractivity contribution < 1.29 is 18.0 Å². The molecule has 0 radical (unpaired) electrons. The fraction of sp³-hybridized carbons (Fsp3) is 0.375. The Balaban J connectivity index is 2.52. The number of nitrogens with one attached hydrogen (secondary N) is 1. The molecule has 2 rings (SSSR count). The molecule has 8 heteroatoms. The summed E-state index contributed by atoms with van der Waals surface area (Å²) in [6, 6.07) is 0. The lowest BCUT2D eigenvalue weighted by molar-refractivity contribution is -0.144. The quantitative estimate of drug-likeness (QED) is 0.698. The lowest BCUT2D eigenvalue weighted by Crippen LogP contribution is -2.24. The number of fused-ring (bicyclic) bond motifs is 1. The first-order valence-electron chi connectivity index (χ1n) is 4.41. The molecule has 3 N–H and O–H groups in total. The molecule has 1 aliphatic heterocycles. The molecule has 0 saturated carbocycles. The highest BCUT2D eigenvalue weighted by Crippen LogP contribution is 2.31. The second-order valence-electron chi connectivity index (χ2n) is 3.31. The summed E-state index contributed by atoms with van der Waals surface area (Å²) < 4.78 is 37.0. The summed E-state index contributed by atoms with van der Waals surface area (Å²) in [4.78, 5) is 17.4. The number of carbonyl (C=O) groups excluding carboxylic acids is 1. The molecule has 0 bridgehead atoms. The molecule has 5 nitrogen and oxygen atoms in total. The summed E-state index contributed by atoms with van der Waals surface area (Å²) in [7, 11) is 0. The van der Waals surface area contributed by atoms with Gasteiger partial charge in [0.25, 0.3) is 0 Å². The minimum atomic E-state index is -4.68. The number of halogens is 3. The Labute approximate surface area is 87.9 Å². The Morgan fingerprint density at radius 1 is 1.25 bits per heavy atom. The molecule has 86 valence electrons. The predicted molar refractivity (Wildman–Crippen MR) is 48.4 cm³/mol. The summed E-state index contributed by atoms with van der Waals surface area (Å²) in [5.41, 5.74) is 5.74. The van der Waals surface area contributed by atoms with E-state index in [0.717, 1.165) is 0 Å². The smallest absolute Gasteiger partial charge is 0.383 e. The van der Waals surface area contributed by atoms with Crippen LogP contribution in [0.25, 0.3) is 0 Å². The molecule has 2 heterocycles. The first-order chi connectivity index (χ1) is 7.38. The molecule has 1 aromatic rings. The molecular formula is C8H7F3N4O. The van der Waals surface area contributed by atoms with Crippen LogP contribution in [0.2, 0.25) is 0 Å². The van der Waals surface area contributed by atoms with Gasteiger partial charge < -0.3 is 11.1 Å². The highest BCUT2D eigenvalue weighted by Gasteiger charge is 2.36. The average molecular weight is 232 g/mol. The molecule has 0 unspecified atom stereocenters. The molecule has 1 aromatic heterocycles. The van der Waals surface area contributed by atoms with E-state index in [1.165, 1.54) is 0 Å². The van der Waals surface area contributed by atoms with Gasteiger partial charge in [-0.2, -0.15) is 13.2 Å². The Kier molecular flexibility index (Phi) is 2.21. The number of hydrogen-bond donors (Lipinski definition) is 2. The Bertz CT molecular complexity index is 457. The number of aromatic nitrogens is 2. The number of hydrogen-bond acceptors (Lipinski definition) is 4. The lowest BCUT2D eigenvalue weighted by Gasteiger charge is -2.18. The van der Waals surface area contributed by atoms with Crippen molar-refractivity contribution in [3.63, 3.8) is 0 Å². The zero-order valence-electron chi connectivity index (χ0n) is 7.93. The third-order valence-electron chi connectivity index (χ3n) is 2.15. The number of nitrogens with two attached hydrogens (primary N) is 1. The largest absolute Gasteiger partial charge is 0.451 e. The fourth-order valence-corrected chi connectivity index (χ4v) is 1.41. The molecule has 0 aromatic carbocycles. The Morgan fingerprint density at radius 2 is 1.94 bits per heavy atom. The first-order valence-corrected chi connectivity index (χ1v) is 4.41. The van der Waals surface area contributed by atoms with Crippen molar-refractivity contribution in [2.45, 2.75) is 19.0 Å². The maximum atomic E-state index is 12.3. The van der Waals surface area contributed by atoms with Crippen LogP contribution < -0.4 is 11.1 Å². The van der Waals surface area contributed by atoms with E-state index >= 15 is 0 Å². The maximum Gasteiger partial charge on any atom is 0.451 e.